The number of carbonyl (C=O) groups excluding carboxylic acids is 2. The van der Waals surface area contributed by atoms with Gasteiger partial charge in [-0.15, -0.1) is 0 Å². The molecular weight excluding hydrogens is 348 g/mol. The topological polar surface area (TPSA) is 97.7 Å². The number of amides is 1. The Morgan fingerprint density at radius 1 is 1.19 bits per heavy atom. The van der Waals surface area contributed by atoms with E-state index in [1.165, 1.54) is 6.08 Å². The molecule has 1 fully saturated rings. The second-order valence-corrected chi connectivity index (χ2v) is 6.65. The molecule has 0 radical (unpaired) electrons. The summed E-state index contributed by atoms with van der Waals surface area (Å²) < 4.78 is 16.1. The Labute approximate surface area is 157 Å². The van der Waals surface area contributed by atoms with Gasteiger partial charge in [-0.2, -0.15) is 5.26 Å². The van der Waals surface area contributed by atoms with Crippen molar-refractivity contribution < 1.29 is 23.8 Å². The van der Waals surface area contributed by atoms with Crippen molar-refractivity contribution >= 4 is 18.0 Å². The zero-order valence-corrected chi connectivity index (χ0v) is 15.0. The Morgan fingerprint density at radius 3 is 2.67 bits per heavy atom. The molecule has 7 nitrogen and oxygen atoms in total. The van der Waals surface area contributed by atoms with Crippen molar-refractivity contribution in [1.82, 2.24) is 5.32 Å². The first kappa shape index (κ1) is 18.8. The normalized spacial score (nSPS) is 17.7. The molecule has 1 heterocycles. The Balaban J connectivity index is 1.50. The highest BCUT2D eigenvalue weighted by molar-refractivity contribution is 5.89. The number of nitrogens with zero attached hydrogens (tertiary/aromatic N) is 1. The van der Waals surface area contributed by atoms with Crippen LogP contribution in [0, 0.1) is 11.3 Å². The fourth-order valence-electron chi connectivity index (χ4n) is 3.18. The van der Waals surface area contributed by atoms with Crippen LogP contribution in [0.3, 0.4) is 0 Å². The summed E-state index contributed by atoms with van der Waals surface area (Å²) in [5, 5.41) is 11.9. The molecule has 0 saturated heterocycles. The van der Waals surface area contributed by atoms with Crippen LogP contribution in [0.1, 0.15) is 37.7 Å². The molecule has 1 amide bonds. The maximum absolute atomic E-state index is 11.9. The molecule has 1 saturated carbocycles. The summed E-state index contributed by atoms with van der Waals surface area (Å²) in [7, 11) is 0. The lowest BCUT2D eigenvalue weighted by molar-refractivity contribution is -0.144. The van der Waals surface area contributed by atoms with Crippen LogP contribution in [-0.4, -0.2) is 37.2 Å². The number of esters is 1. The Morgan fingerprint density at radius 2 is 1.93 bits per heavy atom. The molecule has 0 spiro atoms. The van der Waals surface area contributed by atoms with Crippen LogP contribution in [0.5, 0.6) is 11.5 Å². The number of benzene rings is 1. The van der Waals surface area contributed by atoms with Crippen molar-refractivity contribution in [3.8, 4) is 17.6 Å². The van der Waals surface area contributed by atoms with Gasteiger partial charge in [0.15, 0.2) is 18.1 Å². The average Bonchev–Trinajstić information content (AvgIpc) is 3.01. The molecule has 0 bridgehead atoms. The lowest BCUT2D eigenvalue weighted by atomic mass is 10.00. The third-order valence-electron chi connectivity index (χ3n) is 4.58. The van der Waals surface area contributed by atoms with Crippen LogP contribution in [0.4, 0.5) is 0 Å². The summed E-state index contributed by atoms with van der Waals surface area (Å²) in [6, 6.07) is 7.55. The average molecular weight is 370 g/mol. The van der Waals surface area contributed by atoms with E-state index in [2.05, 4.69) is 11.4 Å². The van der Waals surface area contributed by atoms with E-state index in [4.69, 9.17) is 14.2 Å². The van der Waals surface area contributed by atoms with Crippen LogP contribution in [0.15, 0.2) is 24.3 Å². The van der Waals surface area contributed by atoms with Gasteiger partial charge in [-0.1, -0.05) is 6.07 Å². The van der Waals surface area contributed by atoms with E-state index in [-0.39, 0.29) is 0 Å². The third kappa shape index (κ3) is 5.00. The summed E-state index contributed by atoms with van der Waals surface area (Å²) >= 11 is 0. The second kappa shape index (κ2) is 8.58. The molecule has 1 N–H and O–H groups in total. The van der Waals surface area contributed by atoms with E-state index in [1.54, 1.807) is 24.3 Å². The fraction of sp³-hybridized carbons (Fsp3) is 0.450. The number of nitrogens with one attached hydrogen (secondary N) is 1. The summed E-state index contributed by atoms with van der Waals surface area (Å²) in [5.41, 5.74) is -0.0569. The van der Waals surface area contributed by atoms with Crippen LogP contribution in [0.2, 0.25) is 0 Å². The van der Waals surface area contributed by atoms with Gasteiger partial charge >= 0.3 is 5.97 Å². The molecule has 142 valence electrons. The van der Waals surface area contributed by atoms with E-state index >= 15 is 0 Å². The maximum atomic E-state index is 11.9. The predicted molar refractivity (Wildman–Crippen MR) is 97.0 cm³/mol. The largest absolute Gasteiger partial charge is 0.490 e. The van der Waals surface area contributed by atoms with Gasteiger partial charge in [0.25, 0.3) is 5.91 Å². The first-order valence-corrected chi connectivity index (χ1v) is 9.07. The van der Waals surface area contributed by atoms with Gasteiger partial charge in [-0.3, -0.25) is 4.79 Å². The van der Waals surface area contributed by atoms with Crippen molar-refractivity contribution in [1.29, 1.82) is 5.26 Å². The minimum atomic E-state index is -0.816. The SMILES string of the molecule is N#CC1(NC(=O)COC(=O)/C=C/c2ccc3c(c2)OCCCO3)CCCC1. The summed E-state index contributed by atoms with van der Waals surface area (Å²) in [5.74, 6) is 0.230. The van der Waals surface area contributed by atoms with Crippen molar-refractivity contribution in [2.45, 2.75) is 37.6 Å². The van der Waals surface area contributed by atoms with Crippen molar-refractivity contribution in [3.63, 3.8) is 0 Å². The van der Waals surface area contributed by atoms with E-state index in [1.807, 2.05) is 0 Å². The Kier molecular flexibility index (Phi) is 5.97. The lowest BCUT2D eigenvalue weighted by Gasteiger charge is -2.21. The number of hydrogen-bond acceptors (Lipinski definition) is 6. The third-order valence-corrected chi connectivity index (χ3v) is 4.58. The fourth-order valence-corrected chi connectivity index (χ4v) is 3.18. The molecule has 1 aromatic rings. The van der Waals surface area contributed by atoms with Gasteiger partial charge < -0.3 is 19.5 Å². The zero-order valence-electron chi connectivity index (χ0n) is 15.0. The number of nitriles is 1. The van der Waals surface area contributed by atoms with Crippen LogP contribution >= 0.6 is 0 Å². The number of rotatable bonds is 5. The number of fused-ring (bicyclic) bond motifs is 1. The molecule has 2 aliphatic rings. The highest BCUT2D eigenvalue weighted by Crippen LogP contribution is 2.31. The molecule has 0 atom stereocenters. The summed E-state index contributed by atoms with van der Waals surface area (Å²) in [6.45, 7) is 0.791. The predicted octanol–water partition coefficient (Wildman–Crippen LogP) is 2.36. The quantitative estimate of drug-likeness (QED) is 0.631. The molecule has 27 heavy (non-hydrogen) atoms. The van der Waals surface area contributed by atoms with E-state index in [9.17, 15) is 14.9 Å². The van der Waals surface area contributed by atoms with Gasteiger partial charge in [0, 0.05) is 12.5 Å². The Hall–Kier alpha value is -3.01. The molecule has 3 rings (SSSR count). The van der Waals surface area contributed by atoms with E-state index in [0.717, 1.165) is 24.8 Å². The molecule has 7 heteroatoms. The van der Waals surface area contributed by atoms with Crippen LogP contribution < -0.4 is 14.8 Å². The Bertz CT molecular complexity index is 775. The maximum Gasteiger partial charge on any atom is 0.331 e. The summed E-state index contributed by atoms with van der Waals surface area (Å²) in [4.78, 5) is 23.8. The van der Waals surface area contributed by atoms with Gasteiger partial charge in [0.2, 0.25) is 0 Å². The highest BCUT2D eigenvalue weighted by atomic mass is 16.5. The first-order valence-electron chi connectivity index (χ1n) is 9.07. The molecule has 1 aromatic carbocycles. The number of ether oxygens (including phenoxy) is 3. The van der Waals surface area contributed by atoms with Crippen molar-refractivity contribution in [2.24, 2.45) is 0 Å². The number of carbonyl (C=O) groups is 2. The van der Waals surface area contributed by atoms with Crippen LogP contribution in [-0.2, 0) is 14.3 Å². The minimum Gasteiger partial charge on any atom is -0.490 e. The smallest absolute Gasteiger partial charge is 0.331 e. The lowest BCUT2D eigenvalue weighted by Crippen LogP contribution is -2.46. The highest BCUT2D eigenvalue weighted by Gasteiger charge is 2.35. The molecule has 1 aliphatic heterocycles. The summed E-state index contributed by atoms with van der Waals surface area (Å²) in [6.07, 6.45) is 6.74. The first-order chi connectivity index (χ1) is 13.1. The molecule has 0 aromatic heterocycles. The molecule has 1 aliphatic carbocycles. The number of hydrogen-bond donors (Lipinski definition) is 1. The monoisotopic (exact) mass is 370 g/mol. The van der Waals surface area contributed by atoms with Crippen LogP contribution in [0.25, 0.3) is 6.08 Å². The van der Waals surface area contributed by atoms with Crippen molar-refractivity contribution in [3.05, 3.63) is 29.8 Å². The van der Waals surface area contributed by atoms with Crippen molar-refractivity contribution in [2.75, 3.05) is 19.8 Å². The molecule has 0 unspecified atom stereocenters. The van der Waals surface area contributed by atoms with Gasteiger partial charge in [0.05, 0.1) is 19.3 Å². The zero-order chi connectivity index (χ0) is 19.1. The molecular formula is C20H22N2O5. The van der Waals surface area contributed by atoms with Gasteiger partial charge in [0.1, 0.15) is 5.54 Å². The van der Waals surface area contributed by atoms with Gasteiger partial charge in [-0.05, 0) is 49.5 Å². The van der Waals surface area contributed by atoms with E-state index < -0.39 is 24.0 Å². The second-order valence-electron chi connectivity index (χ2n) is 6.65. The van der Waals surface area contributed by atoms with E-state index in [0.29, 0.717) is 37.6 Å². The minimum absolute atomic E-state index is 0.409. The van der Waals surface area contributed by atoms with Gasteiger partial charge in [-0.25, -0.2) is 4.79 Å². The standard InChI is InChI=1S/C20H22N2O5/c21-14-20(8-1-2-9-20)22-18(23)13-27-19(24)7-5-15-4-6-16-17(12-15)26-11-3-10-25-16/h4-7,12H,1-3,8-11,13H2,(H,22,23)/b7-5+.